The maximum absolute atomic E-state index is 5.62. The van der Waals surface area contributed by atoms with Gasteiger partial charge in [0.1, 0.15) is 0 Å². The zero-order valence-electron chi connectivity index (χ0n) is 10.3. The van der Waals surface area contributed by atoms with Crippen molar-refractivity contribution in [2.24, 2.45) is 5.92 Å². The smallest absolute Gasteiger partial charge is 0.0674 e. The lowest BCUT2D eigenvalue weighted by Crippen LogP contribution is -2.47. The molecule has 0 bridgehead atoms. The van der Waals surface area contributed by atoms with Crippen LogP contribution in [-0.2, 0) is 4.74 Å². The first-order valence-electron chi connectivity index (χ1n) is 6.10. The van der Waals surface area contributed by atoms with Gasteiger partial charge in [-0.05, 0) is 44.9 Å². The predicted octanol–water partition coefficient (Wildman–Crippen LogP) is 2.44. The van der Waals surface area contributed by atoms with Crippen LogP contribution in [0.4, 0.5) is 0 Å². The molecule has 1 heterocycles. The molecule has 15 heavy (non-hydrogen) atoms. The molecule has 0 aliphatic carbocycles. The molecular weight excluding hydrogens is 206 g/mol. The molecule has 0 aromatic carbocycles. The molecule has 0 N–H and O–H groups in total. The number of hydrogen-bond acceptors (Lipinski definition) is 3. The van der Waals surface area contributed by atoms with E-state index in [1.807, 2.05) is 0 Å². The Labute approximate surface area is 99.8 Å². The van der Waals surface area contributed by atoms with E-state index in [4.69, 9.17) is 4.74 Å². The van der Waals surface area contributed by atoms with Gasteiger partial charge in [-0.3, -0.25) is 4.90 Å². The topological polar surface area (TPSA) is 12.5 Å². The van der Waals surface area contributed by atoms with Gasteiger partial charge < -0.3 is 4.74 Å². The first-order chi connectivity index (χ1) is 7.13. The van der Waals surface area contributed by atoms with Crippen molar-refractivity contribution in [3.05, 3.63) is 0 Å². The van der Waals surface area contributed by atoms with Gasteiger partial charge in [0.15, 0.2) is 0 Å². The largest absolute Gasteiger partial charge is 0.376 e. The zero-order chi connectivity index (χ0) is 11.3. The highest BCUT2D eigenvalue weighted by atomic mass is 32.1. The van der Waals surface area contributed by atoms with Gasteiger partial charge in [-0.2, -0.15) is 12.6 Å². The van der Waals surface area contributed by atoms with Gasteiger partial charge in [0, 0.05) is 12.6 Å². The maximum Gasteiger partial charge on any atom is 0.0674 e. The second-order valence-electron chi connectivity index (χ2n) is 4.89. The van der Waals surface area contributed by atoms with Gasteiger partial charge in [0.05, 0.1) is 12.7 Å². The summed E-state index contributed by atoms with van der Waals surface area (Å²) in [4.78, 5) is 2.56. The molecule has 3 heteroatoms. The second kappa shape index (κ2) is 6.77. The number of nitrogens with zero attached hydrogens (tertiary/aromatic N) is 1. The quantitative estimate of drug-likeness (QED) is 0.730. The highest BCUT2D eigenvalue weighted by Gasteiger charge is 2.23. The Balaban J connectivity index is 2.23. The fourth-order valence-corrected chi connectivity index (χ4v) is 2.48. The van der Waals surface area contributed by atoms with Crippen molar-refractivity contribution in [1.29, 1.82) is 0 Å². The van der Waals surface area contributed by atoms with Gasteiger partial charge in [-0.1, -0.05) is 6.92 Å². The van der Waals surface area contributed by atoms with E-state index in [2.05, 4.69) is 38.3 Å². The van der Waals surface area contributed by atoms with Crippen molar-refractivity contribution in [1.82, 2.24) is 4.90 Å². The van der Waals surface area contributed by atoms with E-state index in [0.29, 0.717) is 12.1 Å². The number of ether oxygens (including phenoxy) is 1. The van der Waals surface area contributed by atoms with Crippen LogP contribution >= 0.6 is 12.6 Å². The van der Waals surface area contributed by atoms with Crippen molar-refractivity contribution in [3.63, 3.8) is 0 Å². The summed E-state index contributed by atoms with van der Waals surface area (Å²) in [5.41, 5.74) is 0. The summed E-state index contributed by atoms with van der Waals surface area (Å²) in [5.74, 6) is 1.81. The van der Waals surface area contributed by atoms with Gasteiger partial charge >= 0.3 is 0 Å². The molecule has 0 saturated carbocycles. The van der Waals surface area contributed by atoms with Crippen LogP contribution in [0, 0.1) is 5.92 Å². The van der Waals surface area contributed by atoms with Crippen molar-refractivity contribution in [3.8, 4) is 0 Å². The molecule has 1 aliphatic heterocycles. The third kappa shape index (κ3) is 4.75. The monoisotopic (exact) mass is 231 g/mol. The van der Waals surface area contributed by atoms with E-state index in [1.165, 1.54) is 19.4 Å². The van der Waals surface area contributed by atoms with Crippen LogP contribution in [0.2, 0.25) is 0 Å². The first kappa shape index (κ1) is 13.3. The fourth-order valence-electron chi connectivity index (χ4n) is 2.03. The molecule has 0 aromatic rings. The maximum atomic E-state index is 5.62. The first-order valence-corrected chi connectivity index (χ1v) is 6.73. The van der Waals surface area contributed by atoms with Gasteiger partial charge in [-0.25, -0.2) is 0 Å². The van der Waals surface area contributed by atoms with E-state index < -0.39 is 0 Å². The predicted molar refractivity (Wildman–Crippen MR) is 68.7 cm³/mol. The Morgan fingerprint density at radius 3 is 2.80 bits per heavy atom. The minimum absolute atomic E-state index is 0.404. The average molecular weight is 231 g/mol. The Kier molecular flexibility index (Phi) is 6.02. The SMILES string of the molecule is CC(CCS)CCN1CC(C)OCC1C. The average Bonchev–Trinajstić information content (AvgIpc) is 2.20. The summed E-state index contributed by atoms with van der Waals surface area (Å²) < 4.78 is 5.62. The molecule has 2 nitrogen and oxygen atoms in total. The number of morpholine rings is 1. The van der Waals surface area contributed by atoms with Crippen molar-refractivity contribution < 1.29 is 4.74 Å². The lowest BCUT2D eigenvalue weighted by atomic mass is 10.0. The van der Waals surface area contributed by atoms with Crippen molar-refractivity contribution in [2.45, 2.75) is 45.8 Å². The lowest BCUT2D eigenvalue weighted by molar-refractivity contribution is -0.0505. The third-order valence-corrected chi connectivity index (χ3v) is 3.53. The van der Waals surface area contributed by atoms with Crippen LogP contribution in [0.15, 0.2) is 0 Å². The molecular formula is C12H25NOS. The zero-order valence-corrected chi connectivity index (χ0v) is 11.2. The van der Waals surface area contributed by atoms with Crippen molar-refractivity contribution >= 4 is 12.6 Å². The summed E-state index contributed by atoms with van der Waals surface area (Å²) in [5, 5.41) is 0. The lowest BCUT2D eigenvalue weighted by Gasteiger charge is -2.37. The molecule has 3 atom stereocenters. The molecule has 1 aliphatic rings. The van der Waals surface area contributed by atoms with Crippen LogP contribution in [0.3, 0.4) is 0 Å². The van der Waals surface area contributed by atoms with Crippen LogP contribution in [0.1, 0.15) is 33.6 Å². The minimum atomic E-state index is 0.404. The van der Waals surface area contributed by atoms with E-state index in [-0.39, 0.29) is 0 Å². The van der Waals surface area contributed by atoms with E-state index in [1.54, 1.807) is 0 Å². The summed E-state index contributed by atoms with van der Waals surface area (Å²) in [7, 11) is 0. The summed E-state index contributed by atoms with van der Waals surface area (Å²) >= 11 is 4.28. The molecule has 1 saturated heterocycles. The minimum Gasteiger partial charge on any atom is -0.376 e. The Morgan fingerprint density at radius 1 is 1.40 bits per heavy atom. The summed E-state index contributed by atoms with van der Waals surface area (Å²) in [6.45, 7) is 9.94. The standard InChI is InChI=1S/C12H25NOS/c1-10(5-7-15)4-6-13-8-12(3)14-9-11(13)2/h10-12,15H,4-9H2,1-3H3. The summed E-state index contributed by atoms with van der Waals surface area (Å²) in [6, 6.07) is 0.587. The van der Waals surface area contributed by atoms with Gasteiger partial charge in [-0.15, -0.1) is 0 Å². The fraction of sp³-hybridized carbons (Fsp3) is 1.00. The summed E-state index contributed by atoms with van der Waals surface area (Å²) in [6.07, 6.45) is 2.93. The Hall–Kier alpha value is 0.270. The molecule has 0 radical (unpaired) electrons. The van der Waals surface area contributed by atoms with E-state index >= 15 is 0 Å². The molecule has 0 amide bonds. The van der Waals surface area contributed by atoms with Gasteiger partial charge in [0.2, 0.25) is 0 Å². The third-order valence-electron chi connectivity index (χ3n) is 3.27. The highest BCUT2D eigenvalue weighted by molar-refractivity contribution is 7.80. The molecule has 0 aromatic heterocycles. The molecule has 0 spiro atoms. The number of thiol groups is 1. The molecule has 1 rings (SSSR count). The number of rotatable bonds is 5. The molecule has 90 valence electrons. The van der Waals surface area contributed by atoms with E-state index in [9.17, 15) is 0 Å². The second-order valence-corrected chi connectivity index (χ2v) is 5.34. The number of hydrogen-bond donors (Lipinski definition) is 1. The van der Waals surface area contributed by atoms with Crippen molar-refractivity contribution in [2.75, 3.05) is 25.4 Å². The molecule has 3 unspecified atom stereocenters. The normalized spacial score (nSPS) is 30.4. The van der Waals surface area contributed by atoms with Crippen LogP contribution in [0.25, 0.3) is 0 Å². The Morgan fingerprint density at radius 2 is 2.13 bits per heavy atom. The highest BCUT2D eigenvalue weighted by Crippen LogP contribution is 2.15. The molecule has 1 fully saturated rings. The van der Waals surface area contributed by atoms with Crippen LogP contribution < -0.4 is 0 Å². The Bertz CT molecular complexity index is 177. The van der Waals surface area contributed by atoms with Gasteiger partial charge in [0.25, 0.3) is 0 Å². The van der Waals surface area contributed by atoms with Crippen LogP contribution in [-0.4, -0.2) is 42.5 Å². The van der Waals surface area contributed by atoms with Crippen LogP contribution in [0.5, 0.6) is 0 Å². The van der Waals surface area contributed by atoms with E-state index in [0.717, 1.165) is 24.8 Å².